The highest BCUT2D eigenvalue weighted by molar-refractivity contribution is 6.00. The molecule has 2 aliphatic heterocycles. The molecule has 0 radical (unpaired) electrons. The van der Waals surface area contributed by atoms with E-state index in [9.17, 15) is 14.4 Å². The second kappa shape index (κ2) is 6.37. The van der Waals surface area contributed by atoms with E-state index in [0.717, 1.165) is 0 Å². The number of ether oxygens (including phenoxy) is 2. The normalized spacial score (nSPS) is 23.6. The lowest BCUT2D eigenvalue weighted by Crippen LogP contribution is -2.49. The fourth-order valence-electron chi connectivity index (χ4n) is 3.25. The van der Waals surface area contributed by atoms with Gasteiger partial charge in [0, 0.05) is 25.0 Å². The number of nitrogens with zero attached hydrogens (tertiary/aromatic N) is 1. The lowest BCUT2D eigenvalue weighted by molar-refractivity contribution is -0.155. The van der Waals surface area contributed by atoms with Crippen LogP contribution in [-0.2, 0) is 19.1 Å². The van der Waals surface area contributed by atoms with Crippen molar-refractivity contribution in [2.75, 3.05) is 26.2 Å². The molecule has 2 saturated heterocycles. The molecule has 0 aromatic rings. The number of amides is 2. The third kappa shape index (κ3) is 3.76. The predicted molar refractivity (Wildman–Crippen MR) is 82.6 cm³/mol. The number of likely N-dealkylation sites (tertiary alicyclic amines) is 1. The van der Waals surface area contributed by atoms with Crippen LogP contribution in [0.5, 0.6) is 0 Å². The molecule has 130 valence electrons. The van der Waals surface area contributed by atoms with Gasteiger partial charge in [-0.15, -0.1) is 0 Å². The first-order valence-electron chi connectivity index (χ1n) is 8.11. The van der Waals surface area contributed by atoms with E-state index in [1.807, 2.05) is 20.8 Å². The molecule has 7 nitrogen and oxygen atoms in total. The minimum absolute atomic E-state index is 0.253. The van der Waals surface area contributed by atoms with Gasteiger partial charge in [-0.1, -0.05) is 0 Å². The van der Waals surface area contributed by atoms with Crippen LogP contribution in [-0.4, -0.2) is 54.7 Å². The van der Waals surface area contributed by atoms with Crippen LogP contribution in [0.1, 0.15) is 40.5 Å². The van der Waals surface area contributed by atoms with Crippen LogP contribution in [0.2, 0.25) is 0 Å². The first-order chi connectivity index (χ1) is 10.7. The molecule has 2 fully saturated rings. The van der Waals surface area contributed by atoms with Crippen LogP contribution in [0.4, 0.5) is 4.79 Å². The van der Waals surface area contributed by atoms with Crippen molar-refractivity contribution in [3.05, 3.63) is 0 Å². The zero-order valence-corrected chi connectivity index (χ0v) is 14.3. The molecule has 0 aliphatic carbocycles. The molecule has 23 heavy (non-hydrogen) atoms. The lowest BCUT2D eigenvalue weighted by atomic mass is 9.70. The van der Waals surface area contributed by atoms with E-state index in [4.69, 9.17) is 9.47 Å². The summed E-state index contributed by atoms with van der Waals surface area (Å²) in [6.07, 6.45) is 0.806. The zero-order valence-electron chi connectivity index (χ0n) is 14.3. The monoisotopic (exact) mass is 326 g/mol. The third-order valence-corrected chi connectivity index (χ3v) is 4.42. The average Bonchev–Trinajstić information content (AvgIpc) is 2.75. The number of carbonyl (C=O) groups excluding carboxylic acids is 3. The van der Waals surface area contributed by atoms with Gasteiger partial charge in [-0.05, 0) is 40.5 Å². The zero-order chi connectivity index (χ0) is 17.3. The first-order valence-corrected chi connectivity index (χ1v) is 8.11. The Kier molecular flexibility index (Phi) is 4.87. The fraction of sp³-hybridized carbons (Fsp3) is 0.812. The van der Waals surface area contributed by atoms with Crippen molar-refractivity contribution < 1.29 is 23.9 Å². The minimum Gasteiger partial charge on any atom is -0.465 e. The number of carbonyl (C=O) groups is 3. The van der Waals surface area contributed by atoms with Gasteiger partial charge in [-0.2, -0.15) is 0 Å². The predicted octanol–water partition coefficient (Wildman–Crippen LogP) is 1.31. The highest BCUT2D eigenvalue weighted by Gasteiger charge is 2.54. The van der Waals surface area contributed by atoms with Crippen molar-refractivity contribution >= 4 is 18.0 Å². The Bertz CT molecular complexity index is 489. The second-order valence-electron chi connectivity index (χ2n) is 7.23. The summed E-state index contributed by atoms with van der Waals surface area (Å²) in [5.41, 5.74) is -0.994. The smallest absolute Gasteiger partial charge is 0.410 e. The van der Waals surface area contributed by atoms with E-state index < -0.39 is 22.9 Å². The Balaban J connectivity index is 2.03. The number of nitrogens with one attached hydrogen (secondary N) is 1. The lowest BCUT2D eigenvalue weighted by Gasteiger charge is -2.40. The maximum absolute atomic E-state index is 12.1. The molecule has 0 unspecified atom stereocenters. The summed E-state index contributed by atoms with van der Waals surface area (Å²) in [6, 6.07) is 0. The number of rotatable bonds is 2. The summed E-state index contributed by atoms with van der Waals surface area (Å²) in [7, 11) is 0. The summed E-state index contributed by atoms with van der Waals surface area (Å²) < 4.78 is 10.4. The van der Waals surface area contributed by atoms with Gasteiger partial charge in [0.15, 0.2) is 0 Å². The Hall–Kier alpha value is -1.79. The molecule has 2 amide bonds. The topological polar surface area (TPSA) is 84.9 Å². The summed E-state index contributed by atoms with van der Waals surface area (Å²) in [5, 5.41) is 2.78. The standard InChI is InChI=1S/C16H26N2O5/c1-5-22-13(20)11-12(19)17-10-16(11)6-8-18(9-7-16)14(21)23-15(2,3)4/h11H,5-10H2,1-4H3,(H,17,19)/t11-/m0/s1. The van der Waals surface area contributed by atoms with Gasteiger partial charge in [0.25, 0.3) is 0 Å². The average molecular weight is 326 g/mol. The molecule has 1 N–H and O–H groups in total. The summed E-state index contributed by atoms with van der Waals surface area (Å²) in [5.74, 6) is -1.51. The van der Waals surface area contributed by atoms with E-state index >= 15 is 0 Å². The molecular weight excluding hydrogens is 300 g/mol. The third-order valence-electron chi connectivity index (χ3n) is 4.42. The van der Waals surface area contributed by atoms with Crippen LogP contribution < -0.4 is 5.32 Å². The number of hydrogen-bond acceptors (Lipinski definition) is 5. The van der Waals surface area contributed by atoms with Crippen molar-refractivity contribution in [2.45, 2.75) is 46.1 Å². The number of piperidine rings is 1. The van der Waals surface area contributed by atoms with Crippen LogP contribution in [0.3, 0.4) is 0 Å². The van der Waals surface area contributed by atoms with E-state index in [2.05, 4.69) is 5.32 Å². The van der Waals surface area contributed by atoms with Gasteiger partial charge >= 0.3 is 12.1 Å². The summed E-state index contributed by atoms with van der Waals surface area (Å²) in [4.78, 5) is 38.0. The Morgan fingerprint density at radius 3 is 2.43 bits per heavy atom. The van der Waals surface area contributed by atoms with E-state index in [0.29, 0.717) is 32.5 Å². The molecule has 0 saturated carbocycles. The van der Waals surface area contributed by atoms with Crippen molar-refractivity contribution in [3.8, 4) is 0 Å². The largest absolute Gasteiger partial charge is 0.465 e. The highest BCUT2D eigenvalue weighted by atomic mass is 16.6. The molecule has 2 rings (SSSR count). The van der Waals surface area contributed by atoms with Crippen LogP contribution >= 0.6 is 0 Å². The number of esters is 1. The minimum atomic E-state index is -0.775. The van der Waals surface area contributed by atoms with Crippen molar-refractivity contribution in [1.82, 2.24) is 10.2 Å². The SMILES string of the molecule is CCOC(=O)[C@@H]1C(=O)NCC12CCN(C(=O)OC(C)(C)C)CC2. The van der Waals surface area contributed by atoms with Gasteiger partial charge in [0.1, 0.15) is 11.5 Å². The maximum Gasteiger partial charge on any atom is 0.410 e. The van der Waals surface area contributed by atoms with E-state index in [-0.39, 0.29) is 18.6 Å². The van der Waals surface area contributed by atoms with Crippen LogP contribution in [0.25, 0.3) is 0 Å². The Labute approximate surface area is 136 Å². The molecule has 2 heterocycles. The molecule has 2 aliphatic rings. The van der Waals surface area contributed by atoms with E-state index in [1.165, 1.54) is 0 Å². The quantitative estimate of drug-likeness (QED) is 0.611. The van der Waals surface area contributed by atoms with Crippen molar-refractivity contribution in [1.29, 1.82) is 0 Å². The van der Waals surface area contributed by atoms with Crippen molar-refractivity contribution in [2.24, 2.45) is 11.3 Å². The van der Waals surface area contributed by atoms with Gasteiger partial charge in [-0.3, -0.25) is 9.59 Å². The Morgan fingerprint density at radius 2 is 1.91 bits per heavy atom. The van der Waals surface area contributed by atoms with Crippen LogP contribution in [0.15, 0.2) is 0 Å². The maximum atomic E-state index is 12.1. The second-order valence-corrected chi connectivity index (χ2v) is 7.23. The summed E-state index contributed by atoms with van der Waals surface area (Å²) >= 11 is 0. The van der Waals surface area contributed by atoms with Gasteiger partial charge in [-0.25, -0.2) is 4.79 Å². The van der Waals surface area contributed by atoms with Crippen LogP contribution in [0, 0.1) is 11.3 Å². The van der Waals surface area contributed by atoms with Gasteiger partial charge < -0.3 is 19.7 Å². The molecule has 7 heteroatoms. The molecule has 0 bridgehead atoms. The molecule has 0 aromatic carbocycles. The molecule has 0 aromatic heterocycles. The molecular formula is C16H26N2O5. The Morgan fingerprint density at radius 1 is 1.30 bits per heavy atom. The molecule has 1 atom stereocenters. The van der Waals surface area contributed by atoms with Gasteiger partial charge in [0.05, 0.1) is 6.61 Å². The van der Waals surface area contributed by atoms with Gasteiger partial charge in [0.2, 0.25) is 5.91 Å². The van der Waals surface area contributed by atoms with E-state index in [1.54, 1.807) is 11.8 Å². The summed E-state index contributed by atoms with van der Waals surface area (Å²) in [6.45, 7) is 8.86. The fourth-order valence-corrected chi connectivity index (χ4v) is 3.25. The first kappa shape index (κ1) is 17.6. The number of hydrogen-bond donors (Lipinski definition) is 1. The highest BCUT2D eigenvalue weighted by Crippen LogP contribution is 2.42. The molecule has 1 spiro atoms. The van der Waals surface area contributed by atoms with Crippen molar-refractivity contribution in [3.63, 3.8) is 0 Å².